The number of H-pyrrole nitrogens is 1. The number of hydrogen-bond acceptors (Lipinski definition) is 2. The Morgan fingerprint density at radius 2 is 2.00 bits per heavy atom. The second-order valence-electron chi connectivity index (χ2n) is 4.30. The number of nitrogens with zero attached hydrogens (tertiary/aromatic N) is 2. The van der Waals surface area contributed by atoms with Crippen LogP contribution in [0.25, 0.3) is 11.0 Å². The van der Waals surface area contributed by atoms with E-state index in [4.69, 9.17) is 12.2 Å². The van der Waals surface area contributed by atoms with Crippen molar-refractivity contribution in [3.63, 3.8) is 0 Å². The quantitative estimate of drug-likeness (QED) is 0.712. The first-order chi connectivity index (χ1) is 8.74. The van der Waals surface area contributed by atoms with Crippen LogP contribution >= 0.6 is 12.2 Å². The molecule has 3 aromatic rings. The van der Waals surface area contributed by atoms with Gasteiger partial charge in [0, 0.05) is 5.69 Å². The Kier molecular flexibility index (Phi) is 2.72. The number of aromatic amines is 1. The van der Waals surface area contributed by atoms with Gasteiger partial charge in [-0.1, -0.05) is 18.2 Å². The van der Waals surface area contributed by atoms with Crippen molar-refractivity contribution in [2.75, 3.05) is 0 Å². The number of para-hydroxylation sites is 2. The predicted molar refractivity (Wildman–Crippen MR) is 75.2 cm³/mol. The first-order valence-corrected chi connectivity index (χ1v) is 6.25. The molecule has 0 spiro atoms. The lowest BCUT2D eigenvalue weighted by molar-refractivity contribution is 0.781. The normalized spacial score (nSPS) is 10.9. The third-order valence-electron chi connectivity index (χ3n) is 2.95. The molecule has 0 bridgehead atoms. The number of imidazole rings is 1. The van der Waals surface area contributed by atoms with Crippen LogP contribution in [0.1, 0.15) is 11.4 Å². The minimum absolute atomic E-state index is 0.699. The SMILES string of the molecule is Cc1cccc(Cn2c(=S)[nH]c3ccccc32)n1. The maximum atomic E-state index is 5.36. The van der Waals surface area contributed by atoms with Crippen LogP contribution in [0.4, 0.5) is 0 Å². The number of benzene rings is 1. The van der Waals surface area contributed by atoms with E-state index in [-0.39, 0.29) is 0 Å². The molecule has 0 aliphatic rings. The van der Waals surface area contributed by atoms with Gasteiger partial charge in [-0.3, -0.25) is 4.98 Å². The van der Waals surface area contributed by atoms with E-state index >= 15 is 0 Å². The molecule has 4 heteroatoms. The highest BCUT2D eigenvalue weighted by Crippen LogP contribution is 2.15. The van der Waals surface area contributed by atoms with E-state index in [1.807, 2.05) is 43.3 Å². The van der Waals surface area contributed by atoms with Crippen molar-refractivity contribution in [1.82, 2.24) is 14.5 Å². The second-order valence-corrected chi connectivity index (χ2v) is 4.69. The van der Waals surface area contributed by atoms with Gasteiger partial charge in [0.1, 0.15) is 0 Å². The molecule has 1 N–H and O–H groups in total. The van der Waals surface area contributed by atoms with Crippen LogP contribution in [0.3, 0.4) is 0 Å². The lowest BCUT2D eigenvalue weighted by Gasteiger charge is -2.04. The van der Waals surface area contributed by atoms with Gasteiger partial charge in [0.25, 0.3) is 0 Å². The fourth-order valence-corrected chi connectivity index (χ4v) is 2.39. The Balaban J connectivity index is 2.10. The second kappa shape index (κ2) is 4.38. The van der Waals surface area contributed by atoms with E-state index in [1.54, 1.807) is 0 Å². The lowest BCUT2D eigenvalue weighted by Crippen LogP contribution is -2.02. The van der Waals surface area contributed by atoms with E-state index in [0.717, 1.165) is 27.2 Å². The molecule has 18 heavy (non-hydrogen) atoms. The number of aromatic nitrogens is 3. The van der Waals surface area contributed by atoms with Crippen molar-refractivity contribution in [2.45, 2.75) is 13.5 Å². The van der Waals surface area contributed by atoms with Gasteiger partial charge in [0.15, 0.2) is 4.77 Å². The van der Waals surface area contributed by atoms with Crippen LogP contribution in [-0.4, -0.2) is 14.5 Å². The summed E-state index contributed by atoms with van der Waals surface area (Å²) in [5, 5.41) is 0. The molecule has 0 saturated carbocycles. The molecule has 0 atom stereocenters. The summed E-state index contributed by atoms with van der Waals surface area (Å²) in [6, 6.07) is 14.2. The fourth-order valence-electron chi connectivity index (χ4n) is 2.11. The van der Waals surface area contributed by atoms with Gasteiger partial charge in [-0.25, -0.2) is 0 Å². The van der Waals surface area contributed by atoms with E-state index in [1.165, 1.54) is 0 Å². The Bertz CT molecular complexity index is 755. The van der Waals surface area contributed by atoms with E-state index in [0.29, 0.717) is 6.54 Å². The van der Waals surface area contributed by atoms with Crippen molar-refractivity contribution in [3.8, 4) is 0 Å². The van der Waals surface area contributed by atoms with Crippen molar-refractivity contribution in [2.24, 2.45) is 0 Å². The molecule has 90 valence electrons. The smallest absolute Gasteiger partial charge is 0.178 e. The van der Waals surface area contributed by atoms with Gasteiger partial charge in [0.2, 0.25) is 0 Å². The van der Waals surface area contributed by atoms with Crippen LogP contribution in [0.5, 0.6) is 0 Å². The zero-order valence-electron chi connectivity index (χ0n) is 10.1. The Labute approximate surface area is 110 Å². The zero-order chi connectivity index (χ0) is 12.5. The molecular weight excluding hydrogens is 242 g/mol. The average Bonchev–Trinajstić information content (AvgIpc) is 2.66. The summed E-state index contributed by atoms with van der Waals surface area (Å²) in [7, 11) is 0. The third-order valence-corrected chi connectivity index (χ3v) is 3.27. The fraction of sp³-hybridized carbons (Fsp3) is 0.143. The molecule has 2 heterocycles. The molecule has 0 aliphatic carbocycles. The first-order valence-electron chi connectivity index (χ1n) is 5.84. The molecular formula is C14H13N3S. The van der Waals surface area contributed by atoms with Crippen LogP contribution in [0.2, 0.25) is 0 Å². The van der Waals surface area contributed by atoms with Crippen LogP contribution < -0.4 is 0 Å². The number of hydrogen-bond donors (Lipinski definition) is 1. The first kappa shape index (κ1) is 11.2. The van der Waals surface area contributed by atoms with Crippen molar-refractivity contribution in [1.29, 1.82) is 0 Å². The molecule has 2 aromatic heterocycles. The maximum absolute atomic E-state index is 5.36. The van der Waals surface area contributed by atoms with Gasteiger partial charge < -0.3 is 9.55 Å². The summed E-state index contributed by atoms with van der Waals surface area (Å²) in [6.45, 7) is 2.70. The number of nitrogens with one attached hydrogen (secondary N) is 1. The van der Waals surface area contributed by atoms with Crippen molar-refractivity contribution in [3.05, 3.63) is 58.6 Å². The van der Waals surface area contributed by atoms with Crippen LogP contribution in [-0.2, 0) is 6.54 Å². The molecule has 0 radical (unpaired) electrons. The molecule has 0 unspecified atom stereocenters. The van der Waals surface area contributed by atoms with Gasteiger partial charge in [-0.2, -0.15) is 0 Å². The van der Waals surface area contributed by atoms with E-state index < -0.39 is 0 Å². The van der Waals surface area contributed by atoms with E-state index in [2.05, 4.69) is 20.6 Å². The van der Waals surface area contributed by atoms with Gasteiger partial charge in [-0.05, 0) is 43.4 Å². The zero-order valence-corrected chi connectivity index (χ0v) is 10.9. The molecule has 0 saturated heterocycles. The minimum Gasteiger partial charge on any atom is -0.331 e. The van der Waals surface area contributed by atoms with Crippen molar-refractivity contribution < 1.29 is 0 Å². The number of rotatable bonds is 2. The highest BCUT2D eigenvalue weighted by atomic mass is 32.1. The molecule has 1 aromatic carbocycles. The summed E-state index contributed by atoms with van der Waals surface area (Å²) < 4.78 is 2.81. The van der Waals surface area contributed by atoms with Crippen molar-refractivity contribution >= 4 is 23.3 Å². The number of pyridine rings is 1. The summed E-state index contributed by atoms with van der Waals surface area (Å²) >= 11 is 5.36. The summed E-state index contributed by atoms with van der Waals surface area (Å²) in [5.74, 6) is 0. The minimum atomic E-state index is 0.699. The number of fused-ring (bicyclic) bond motifs is 1. The summed E-state index contributed by atoms with van der Waals surface area (Å²) in [6.07, 6.45) is 0. The largest absolute Gasteiger partial charge is 0.331 e. The highest BCUT2D eigenvalue weighted by Gasteiger charge is 2.04. The van der Waals surface area contributed by atoms with Crippen LogP contribution in [0.15, 0.2) is 42.5 Å². The van der Waals surface area contributed by atoms with E-state index in [9.17, 15) is 0 Å². The maximum Gasteiger partial charge on any atom is 0.178 e. The third kappa shape index (κ3) is 1.95. The molecule has 3 rings (SSSR count). The monoisotopic (exact) mass is 255 g/mol. The van der Waals surface area contributed by atoms with Gasteiger partial charge in [0.05, 0.1) is 23.3 Å². The average molecular weight is 255 g/mol. The lowest BCUT2D eigenvalue weighted by atomic mass is 10.3. The Morgan fingerprint density at radius 1 is 1.17 bits per heavy atom. The summed E-state index contributed by atoms with van der Waals surface area (Å²) in [5.41, 5.74) is 4.23. The standard InChI is InChI=1S/C14H13N3S/c1-10-5-4-6-11(15-10)9-17-13-8-3-2-7-12(13)16-14(17)18/h2-8H,9H2,1H3,(H,16,18). The Hall–Kier alpha value is -1.94. The Morgan fingerprint density at radius 3 is 2.83 bits per heavy atom. The molecule has 0 amide bonds. The van der Waals surface area contributed by atoms with Gasteiger partial charge >= 0.3 is 0 Å². The molecule has 0 aliphatic heterocycles. The molecule has 3 nitrogen and oxygen atoms in total. The molecule has 0 fully saturated rings. The number of aryl methyl sites for hydroxylation is 1. The topological polar surface area (TPSA) is 33.6 Å². The predicted octanol–water partition coefficient (Wildman–Crippen LogP) is 3.45. The highest BCUT2D eigenvalue weighted by molar-refractivity contribution is 7.71. The van der Waals surface area contributed by atoms with Crippen LogP contribution in [0, 0.1) is 11.7 Å². The summed E-state index contributed by atoms with van der Waals surface area (Å²) in [4.78, 5) is 7.73. The van der Waals surface area contributed by atoms with Gasteiger partial charge in [-0.15, -0.1) is 0 Å².